The Balaban J connectivity index is 1.62. The second kappa shape index (κ2) is 11.4. The van der Waals surface area contributed by atoms with Crippen molar-refractivity contribution in [2.45, 2.75) is 5.92 Å². The van der Waals surface area contributed by atoms with Gasteiger partial charge in [-0.1, -0.05) is 30.3 Å². The maximum Gasteiger partial charge on any atom is 0.244 e. The lowest BCUT2D eigenvalue weighted by Crippen LogP contribution is -2.27. The number of aromatic nitrogens is 1. The molecule has 1 aromatic heterocycles. The van der Waals surface area contributed by atoms with Gasteiger partial charge in [0.2, 0.25) is 5.91 Å². The van der Waals surface area contributed by atoms with Gasteiger partial charge in [-0.15, -0.1) is 0 Å². The van der Waals surface area contributed by atoms with Gasteiger partial charge < -0.3 is 29.2 Å². The number of carbonyl (C=O) groups is 1. The number of para-hydroxylation sites is 2. The number of carbonyl (C=O) groups excluding carboxylic acids is 1. The van der Waals surface area contributed by atoms with Gasteiger partial charge in [0.15, 0.2) is 11.5 Å². The van der Waals surface area contributed by atoms with Gasteiger partial charge in [-0.05, 0) is 41.5 Å². The molecule has 0 saturated carbocycles. The SMILES string of the molecule is COc1cc(/C=C/C(=O)NCC(c2cccc(OC)c2OC)c2c[nH]c3ccccc23)cc(OC)c1. The van der Waals surface area contributed by atoms with Crippen LogP contribution in [0, 0.1) is 0 Å². The molecule has 186 valence electrons. The number of aromatic amines is 1. The molecule has 1 amide bonds. The molecule has 0 fully saturated rings. The lowest BCUT2D eigenvalue weighted by atomic mass is 9.89. The minimum Gasteiger partial charge on any atom is -0.497 e. The molecule has 0 radical (unpaired) electrons. The maximum atomic E-state index is 12.8. The van der Waals surface area contributed by atoms with Crippen LogP contribution in [-0.4, -0.2) is 45.9 Å². The zero-order chi connectivity index (χ0) is 25.5. The highest BCUT2D eigenvalue weighted by Gasteiger charge is 2.24. The quantitative estimate of drug-likeness (QED) is 0.303. The van der Waals surface area contributed by atoms with E-state index in [-0.39, 0.29) is 11.8 Å². The van der Waals surface area contributed by atoms with Crippen LogP contribution in [0.4, 0.5) is 0 Å². The number of amides is 1. The van der Waals surface area contributed by atoms with E-state index in [4.69, 9.17) is 18.9 Å². The number of methoxy groups -OCH3 is 4. The molecule has 0 aliphatic heterocycles. The molecule has 0 aliphatic carbocycles. The van der Waals surface area contributed by atoms with Crippen LogP contribution in [0.5, 0.6) is 23.0 Å². The van der Waals surface area contributed by atoms with Crippen molar-refractivity contribution in [3.8, 4) is 23.0 Å². The molecule has 1 heterocycles. The monoisotopic (exact) mass is 486 g/mol. The van der Waals surface area contributed by atoms with Crippen LogP contribution < -0.4 is 24.3 Å². The number of ether oxygens (including phenoxy) is 4. The molecule has 0 spiro atoms. The Hall–Kier alpha value is -4.39. The molecule has 7 nitrogen and oxygen atoms in total. The van der Waals surface area contributed by atoms with Crippen molar-refractivity contribution in [3.05, 3.63) is 89.6 Å². The topological polar surface area (TPSA) is 81.8 Å². The summed E-state index contributed by atoms with van der Waals surface area (Å²) >= 11 is 0. The van der Waals surface area contributed by atoms with Gasteiger partial charge in [-0.3, -0.25) is 4.79 Å². The van der Waals surface area contributed by atoms with Crippen molar-refractivity contribution in [1.82, 2.24) is 10.3 Å². The number of benzene rings is 3. The summed E-state index contributed by atoms with van der Waals surface area (Å²) in [5.74, 6) is 2.18. The summed E-state index contributed by atoms with van der Waals surface area (Å²) in [6.07, 6.45) is 5.22. The minimum absolute atomic E-state index is 0.180. The Morgan fingerprint density at radius 1 is 0.889 bits per heavy atom. The van der Waals surface area contributed by atoms with E-state index in [1.54, 1.807) is 40.6 Å². The molecule has 2 N–H and O–H groups in total. The number of hydrogen-bond donors (Lipinski definition) is 2. The lowest BCUT2D eigenvalue weighted by Gasteiger charge is -2.21. The summed E-state index contributed by atoms with van der Waals surface area (Å²) in [6.45, 7) is 0.357. The molecule has 4 rings (SSSR count). The molecule has 1 unspecified atom stereocenters. The van der Waals surface area contributed by atoms with Crippen LogP contribution in [0.25, 0.3) is 17.0 Å². The van der Waals surface area contributed by atoms with Gasteiger partial charge >= 0.3 is 0 Å². The van der Waals surface area contributed by atoms with Crippen molar-refractivity contribution in [3.63, 3.8) is 0 Å². The summed E-state index contributed by atoms with van der Waals surface area (Å²) in [5, 5.41) is 4.14. The number of rotatable bonds is 10. The molecule has 36 heavy (non-hydrogen) atoms. The van der Waals surface area contributed by atoms with Gasteiger partial charge in [-0.2, -0.15) is 0 Å². The predicted molar refractivity (Wildman–Crippen MR) is 141 cm³/mol. The number of H-pyrrole nitrogens is 1. The second-order valence-corrected chi connectivity index (χ2v) is 8.15. The highest BCUT2D eigenvalue weighted by molar-refractivity contribution is 5.92. The Bertz CT molecular complexity index is 1350. The van der Waals surface area contributed by atoms with Crippen LogP contribution in [0.15, 0.2) is 72.9 Å². The second-order valence-electron chi connectivity index (χ2n) is 8.15. The zero-order valence-electron chi connectivity index (χ0n) is 20.8. The van der Waals surface area contributed by atoms with Gasteiger partial charge in [-0.25, -0.2) is 0 Å². The zero-order valence-corrected chi connectivity index (χ0v) is 20.8. The van der Waals surface area contributed by atoms with E-state index in [2.05, 4.69) is 16.4 Å². The van der Waals surface area contributed by atoms with Crippen molar-refractivity contribution in [2.24, 2.45) is 0 Å². The highest BCUT2D eigenvalue weighted by atomic mass is 16.5. The number of hydrogen-bond acceptors (Lipinski definition) is 5. The molecule has 0 saturated heterocycles. The summed E-state index contributed by atoms with van der Waals surface area (Å²) in [4.78, 5) is 16.2. The standard InChI is InChI=1S/C29H30N2O5/c1-33-20-14-19(15-21(16-20)34-2)12-13-28(32)31-18-25(23-9-7-11-27(35-3)29(23)36-4)24-17-30-26-10-6-5-8-22(24)26/h5-17,25,30H,18H2,1-4H3,(H,31,32)/b13-12+. The third-order valence-corrected chi connectivity index (χ3v) is 6.09. The molecular formula is C29H30N2O5. The van der Waals surface area contributed by atoms with Crippen LogP contribution in [0.3, 0.4) is 0 Å². The van der Waals surface area contributed by atoms with E-state index in [1.165, 1.54) is 6.08 Å². The van der Waals surface area contributed by atoms with Gasteiger partial charge in [0.05, 0.1) is 28.4 Å². The van der Waals surface area contributed by atoms with Crippen molar-refractivity contribution >= 4 is 22.9 Å². The maximum absolute atomic E-state index is 12.8. The Labute approximate surface area is 210 Å². The van der Waals surface area contributed by atoms with Gasteiger partial charge in [0.1, 0.15) is 11.5 Å². The first-order valence-corrected chi connectivity index (χ1v) is 11.5. The van der Waals surface area contributed by atoms with Crippen molar-refractivity contribution in [2.75, 3.05) is 35.0 Å². The van der Waals surface area contributed by atoms with Crippen LogP contribution >= 0.6 is 0 Å². The molecular weight excluding hydrogens is 456 g/mol. The molecule has 4 aromatic rings. The normalized spacial score (nSPS) is 11.9. The van der Waals surface area contributed by atoms with E-state index in [9.17, 15) is 4.79 Å². The third kappa shape index (κ3) is 5.30. The summed E-state index contributed by atoms with van der Waals surface area (Å²) in [5.41, 5.74) is 3.80. The Kier molecular flexibility index (Phi) is 7.80. The van der Waals surface area contributed by atoms with Gasteiger partial charge in [0.25, 0.3) is 0 Å². The van der Waals surface area contributed by atoms with E-state index >= 15 is 0 Å². The minimum atomic E-state index is -0.219. The average Bonchev–Trinajstić information content (AvgIpc) is 3.35. The smallest absolute Gasteiger partial charge is 0.244 e. The first-order chi connectivity index (χ1) is 17.6. The first kappa shape index (κ1) is 24.7. The highest BCUT2D eigenvalue weighted by Crippen LogP contribution is 2.40. The van der Waals surface area contributed by atoms with Gasteiger partial charge in [0, 0.05) is 47.3 Å². The Morgan fingerprint density at radius 2 is 1.64 bits per heavy atom. The third-order valence-electron chi connectivity index (χ3n) is 6.09. The number of fused-ring (bicyclic) bond motifs is 1. The average molecular weight is 487 g/mol. The molecule has 1 atom stereocenters. The fraction of sp³-hybridized carbons (Fsp3) is 0.207. The summed E-state index contributed by atoms with van der Waals surface area (Å²) < 4.78 is 21.9. The summed E-state index contributed by atoms with van der Waals surface area (Å²) in [7, 11) is 6.42. The first-order valence-electron chi connectivity index (χ1n) is 11.5. The van der Waals surface area contributed by atoms with Crippen LogP contribution in [0.1, 0.15) is 22.6 Å². The van der Waals surface area contributed by atoms with E-state index in [1.807, 2.05) is 54.7 Å². The fourth-order valence-corrected chi connectivity index (χ4v) is 4.32. The molecule has 7 heteroatoms. The van der Waals surface area contributed by atoms with Crippen LogP contribution in [-0.2, 0) is 4.79 Å². The fourth-order valence-electron chi connectivity index (χ4n) is 4.32. The van der Waals surface area contributed by atoms with E-state index < -0.39 is 0 Å². The Morgan fingerprint density at radius 3 is 2.33 bits per heavy atom. The molecule has 0 bridgehead atoms. The van der Waals surface area contributed by atoms with Crippen molar-refractivity contribution in [1.29, 1.82) is 0 Å². The van der Waals surface area contributed by atoms with E-state index in [0.717, 1.165) is 27.6 Å². The predicted octanol–water partition coefficient (Wildman–Crippen LogP) is 5.16. The summed E-state index contributed by atoms with van der Waals surface area (Å²) in [6, 6.07) is 19.3. The largest absolute Gasteiger partial charge is 0.497 e. The number of nitrogens with one attached hydrogen (secondary N) is 2. The molecule has 3 aromatic carbocycles. The van der Waals surface area contributed by atoms with E-state index in [0.29, 0.717) is 29.5 Å². The molecule has 0 aliphatic rings. The lowest BCUT2D eigenvalue weighted by molar-refractivity contribution is -0.116. The van der Waals surface area contributed by atoms with Crippen molar-refractivity contribution < 1.29 is 23.7 Å². The van der Waals surface area contributed by atoms with Crippen LogP contribution in [0.2, 0.25) is 0 Å².